The molecule has 1 atom stereocenters. The number of piperidine rings is 2. The molecule has 1 aromatic heterocycles. The number of aliphatic hydroxyl groups excluding tert-OH is 1. The van der Waals surface area contributed by atoms with E-state index >= 15 is 0 Å². The summed E-state index contributed by atoms with van der Waals surface area (Å²) in [7, 11) is 0. The summed E-state index contributed by atoms with van der Waals surface area (Å²) in [6.07, 6.45) is -3.86. The third-order valence-electron chi connectivity index (χ3n) is 4.99. The second kappa shape index (κ2) is 6.90. The summed E-state index contributed by atoms with van der Waals surface area (Å²) in [5.41, 5.74) is -1.65. The third kappa shape index (κ3) is 3.69. The maximum Gasteiger partial charge on any atom is 0.433 e. The summed E-state index contributed by atoms with van der Waals surface area (Å²) in [5.74, 6) is 0.0350. The number of anilines is 2. The van der Waals surface area contributed by atoms with E-state index in [0.29, 0.717) is 38.9 Å². The van der Waals surface area contributed by atoms with Crippen LogP contribution >= 0.6 is 0 Å². The van der Waals surface area contributed by atoms with Crippen LogP contribution in [0.5, 0.6) is 0 Å². The van der Waals surface area contributed by atoms with Crippen LogP contribution in [0, 0.1) is 5.41 Å². The Labute approximate surface area is 149 Å². The highest BCUT2D eigenvalue weighted by atomic mass is 19.4. The lowest BCUT2D eigenvalue weighted by Crippen LogP contribution is -2.56. The van der Waals surface area contributed by atoms with Crippen molar-refractivity contribution in [3.8, 4) is 0 Å². The van der Waals surface area contributed by atoms with Gasteiger partial charge < -0.3 is 20.6 Å². The van der Waals surface area contributed by atoms with Crippen LogP contribution in [-0.2, 0) is 11.0 Å². The minimum absolute atomic E-state index is 0.0663. The lowest BCUT2D eigenvalue weighted by Gasteiger charge is -2.44. The van der Waals surface area contributed by atoms with E-state index in [1.54, 1.807) is 11.8 Å². The minimum Gasteiger partial charge on any atom is -0.391 e. The molecule has 1 aromatic rings. The van der Waals surface area contributed by atoms with Crippen LogP contribution < -0.4 is 15.5 Å². The largest absolute Gasteiger partial charge is 0.433 e. The Morgan fingerprint density at radius 2 is 2.08 bits per heavy atom. The Bertz CT molecular complexity index is 674. The van der Waals surface area contributed by atoms with Crippen molar-refractivity contribution in [2.45, 2.75) is 38.5 Å². The first-order valence-corrected chi connectivity index (χ1v) is 8.65. The number of halogens is 3. The molecule has 0 radical (unpaired) electrons. The van der Waals surface area contributed by atoms with Gasteiger partial charge in [0.15, 0.2) is 5.69 Å². The van der Waals surface area contributed by atoms with Gasteiger partial charge in [0.05, 0.1) is 11.5 Å². The molecule has 1 spiro atoms. The Hall–Kier alpha value is -2.10. The maximum atomic E-state index is 13.1. The summed E-state index contributed by atoms with van der Waals surface area (Å²) >= 11 is 0. The van der Waals surface area contributed by atoms with Crippen LogP contribution in [0.1, 0.15) is 31.9 Å². The molecule has 0 aliphatic carbocycles. The number of β-amino-alcohol motifs (C(OH)–C–C–N with tert-alkyl or cyclic N) is 1. The molecule has 0 bridgehead atoms. The van der Waals surface area contributed by atoms with Crippen molar-refractivity contribution in [1.29, 1.82) is 0 Å². The van der Waals surface area contributed by atoms with Crippen molar-refractivity contribution in [3.05, 3.63) is 11.8 Å². The second-order valence-corrected chi connectivity index (χ2v) is 6.80. The fourth-order valence-corrected chi connectivity index (χ4v) is 3.59. The molecule has 1 amide bonds. The van der Waals surface area contributed by atoms with Gasteiger partial charge in [-0.2, -0.15) is 18.2 Å². The van der Waals surface area contributed by atoms with Crippen molar-refractivity contribution in [3.63, 3.8) is 0 Å². The average Bonchev–Trinajstić information content (AvgIpc) is 2.58. The number of rotatable bonds is 3. The van der Waals surface area contributed by atoms with Crippen LogP contribution in [0.15, 0.2) is 6.07 Å². The molecule has 2 aliphatic rings. The van der Waals surface area contributed by atoms with Gasteiger partial charge in [-0.1, -0.05) is 0 Å². The molecule has 2 aliphatic heterocycles. The summed E-state index contributed by atoms with van der Waals surface area (Å²) < 4.78 is 39.4. The number of carbonyl (C=O) groups excluding carboxylic acids is 1. The first-order valence-electron chi connectivity index (χ1n) is 8.65. The zero-order valence-corrected chi connectivity index (χ0v) is 14.4. The molecule has 1 unspecified atom stereocenters. The number of nitrogens with zero attached hydrogens (tertiary/aromatic N) is 3. The van der Waals surface area contributed by atoms with E-state index < -0.39 is 23.4 Å². The van der Waals surface area contributed by atoms with Crippen LogP contribution in [0.25, 0.3) is 0 Å². The summed E-state index contributed by atoms with van der Waals surface area (Å²) in [5, 5.41) is 15.3. The van der Waals surface area contributed by atoms with Gasteiger partial charge in [0, 0.05) is 32.2 Å². The number of nitrogens with one attached hydrogen (secondary N) is 2. The highest BCUT2D eigenvalue weighted by Gasteiger charge is 2.45. The molecule has 7 nitrogen and oxygen atoms in total. The number of carbonyl (C=O) groups is 1. The van der Waals surface area contributed by atoms with Gasteiger partial charge in [-0.3, -0.25) is 4.79 Å². The van der Waals surface area contributed by atoms with Crippen molar-refractivity contribution < 1.29 is 23.1 Å². The Morgan fingerprint density at radius 3 is 2.69 bits per heavy atom. The number of hydrogen-bond donors (Lipinski definition) is 3. The molecular weight excluding hydrogens is 351 g/mol. The van der Waals surface area contributed by atoms with Gasteiger partial charge in [-0.05, 0) is 26.2 Å². The highest BCUT2D eigenvalue weighted by molar-refractivity contribution is 5.84. The van der Waals surface area contributed by atoms with E-state index in [2.05, 4.69) is 20.6 Å². The van der Waals surface area contributed by atoms with E-state index in [4.69, 9.17) is 0 Å². The van der Waals surface area contributed by atoms with E-state index in [0.717, 1.165) is 6.07 Å². The fourth-order valence-electron chi connectivity index (χ4n) is 3.59. The number of aromatic nitrogens is 2. The first-order chi connectivity index (χ1) is 12.2. The molecule has 3 heterocycles. The van der Waals surface area contributed by atoms with Gasteiger partial charge in [0.2, 0.25) is 11.9 Å². The number of alkyl halides is 3. The predicted molar refractivity (Wildman–Crippen MR) is 88.7 cm³/mol. The summed E-state index contributed by atoms with van der Waals surface area (Å²) in [6.45, 7) is 3.18. The molecule has 144 valence electrons. The van der Waals surface area contributed by atoms with Gasteiger partial charge in [0.1, 0.15) is 5.82 Å². The zero-order valence-electron chi connectivity index (χ0n) is 14.4. The first kappa shape index (κ1) is 18.7. The quantitative estimate of drug-likeness (QED) is 0.742. The molecule has 0 aromatic carbocycles. The standard InChI is InChI=1S/C16H22F3N5O2/c1-2-20-14-22-11(16(17,18)19)7-12(23-14)24-5-3-15(4-6-24)8-10(25)9-21-13(15)26/h7,10,25H,2-6,8-9H2,1H3,(H,21,26)(H,20,22,23). The average molecular weight is 373 g/mol. The lowest BCUT2D eigenvalue weighted by atomic mass is 9.71. The highest BCUT2D eigenvalue weighted by Crippen LogP contribution is 2.40. The van der Waals surface area contributed by atoms with Crippen LogP contribution in [0.2, 0.25) is 0 Å². The molecule has 26 heavy (non-hydrogen) atoms. The molecule has 3 N–H and O–H groups in total. The topological polar surface area (TPSA) is 90.4 Å². The summed E-state index contributed by atoms with van der Waals surface area (Å²) in [6, 6.07) is 0.939. The zero-order chi connectivity index (χ0) is 18.9. The lowest BCUT2D eigenvalue weighted by molar-refractivity contribution is -0.141. The second-order valence-electron chi connectivity index (χ2n) is 6.80. The number of hydrogen-bond acceptors (Lipinski definition) is 6. The normalized spacial score (nSPS) is 23.0. The third-order valence-corrected chi connectivity index (χ3v) is 4.99. The fraction of sp³-hybridized carbons (Fsp3) is 0.688. The Balaban J connectivity index is 1.80. The van der Waals surface area contributed by atoms with Crippen molar-refractivity contribution in [2.24, 2.45) is 5.41 Å². The molecule has 0 saturated carbocycles. The van der Waals surface area contributed by atoms with Crippen LogP contribution in [0.4, 0.5) is 24.9 Å². The Morgan fingerprint density at radius 1 is 1.38 bits per heavy atom. The monoisotopic (exact) mass is 373 g/mol. The smallest absolute Gasteiger partial charge is 0.391 e. The van der Waals surface area contributed by atoms with Gasteiger partial charge in [-0.15, -0.1) is 0 Å². The van der Waals surface area contributed by atoms with Crippen molar-refractivity contribution >= 4 is 17.7 Å². The maximum absolute atomic E-state index is 13.1. The van der Waals surface area contributed by atoms with Gasteiger partial charge >= 0.3 is 6.18 Å². The Kier molecular flexibility index (Phi) is 4.96. The van der Waals surface area contributed by atoms with Crippen molar-refractivity contribution in [1.82, 2.24) is 15.3 Å². The minimum atomic E-state index is -4.56. The van der Waals surface area contributed by atoms with Gasteiger partial charge in [-0.25, -0.2) is 4.98 Å². The van der Waals surface area contributed by atoms with Crippen molar-refractivity contribution in [2.75, 3.05) is 36.4 Å². The number of aliphatic hydroxyl groups is 1. The van der Waals surface area contributed by atoms with Gasteiger partial charge in [0.25, 0.3) is 0 Å². The van der Waals surface area contributed by atoms with E-state index in [1.807, 2.05) is 0 Å². The number of amides is 1. The molecular formula is C16H22F3N5O2. The molecule has 2 fully saturated rings. The van der Waals surface area contributed by atoms with E-state index in [-0.39, 0.29) is 24.2 Å². The predicted octanol–water partition coefficient (Wildman–Crippen LogP) is 1.39. The van der Waals surface area contributed by atoms with E-state index in [1.165, 1.54) is 0 Å². The SMILES string of the molecule is CCNc1nc(N2CCC3(CC2)CC(O)CNC3=O)cc(C(F)(F)F)n1. The van der Waals surface area contributed by atoms with Crippen LogP contribution in [-0.4, -0.2) is 53.3 Å². The molecule has 2 saturated heterocycles. The molecule has 3 rings (SSSR count). The van der Waals surface area contributed by atoms with Crippen LogP contribution in [0.3, 0.4) is 0 Å². The molecule has 10 heteroatoms. The van der Waals surface area contributed by atoms with E-state index in [9.17, 15) is 23.1 Å². The summed E-state index contributed by atoms with van der Waals surface area (Å²) in [4.78, 5) is 21.7.